The Kier molecular flexibility index (Phi) is 4.01. The molecule has 0 radical (unpaired) electrons. The van der Waals surface area contributed by atoms with Crippen LogP contribution in [0.15, 0.2) is 24.3 Å². The quantitative estimate of drug-likeness (QED) is 0.814. The van der Waals surface area contributed by atoms with Gasteiger partial charge in [-0.1, -0.05) is 24.0 Å². The first-order chi connectivity index (χ1) is 8.70. The molecule has 0 spiro atoms. The molecule has 1 aliphatic carbocycles. The molecule has 0 atom stereocenters. The molecule has 0 aromatic heterocycles. The maximum absolute atomic E-state index is 11.8. The summed E-state index contributed by atoms with van der Waals surface area (Å²) in [6, 6.07) is 7.95. The third kappa shape index (κ3) is 3.35. The Morgan fingerprint density at radius 2 is 2.06 bits per heavy atom. The van der Waals surface area contributed by atoms with Crippen LogP contribution >= 0.6 is 0 Å². The minimum Gasteiger partial charge on any atom is -0.341 e. The third-order valence-corrected chi connectivity index (χ3v) is 3.01. The first-order valence-corrected chi connectivity index (χ1v) is 6.23. The largest absolute Gasteiger partial charge is 0.341 e. The maximum atomic E-state index is 11.8. The molecule has 1 saturated carbocycles. The number of carbonyl (C=O) groups excluding carboxylic acids is 1. The minimum absolute atomic E-state index is 0.266. The van der Waals surface area contributed by atoms with Gasteiger partial charge >= 0.3 is 0 Å². The minimum atomic E-state index is 0.266. The van der Waals surface area contributed by atoms with E-state index in [1.165, 1.54) is 0 Å². The number of hydrogen-bond donors (Lipinski definition) is 1. The highest BCUT2D eigenvalue weighted by Crippen LogP contribution is 2.30. The molecule has 3 nitrogen and oxygen atoms in total. The number of amides is 1. The highest BCUT2D eigenvalue weighted by molar-refractivity contribution is 5.80. The summed E-state index contributed by atoms with van der Waals surface area (Å²) in [5.74, 6) is 6.35. The number of hydrogen-bond acceptors (Lipinski definition) is 2. The highest BCUT2D eigenvalue weighted by Gasteiger charge is 2.31. The molecule has 0 unspecified atom stereocenters. The van der Waals surface area contributed by atoms with E-state index in [1.54, 1.807) is 4.90 Å². The zero-order valence-electron chi connectivity index (χ0n) is 10.6. The molecule has 0 saturated heterocycles. The van der Waals surface area contributed by atoms with Crippen molar-refractivity contribution in [2.24, 2.45) is 11.7 Å². The summed E-state index contributed by atoms with van der Waals surface area (Å²) in [5.41, 5.74) is 7.41. The normalized spacial score (nSPS) is 13.7. The topological polar surface area (TPSA) is 46.3 Å². The average Bonchev–Trinajstić information content (AvgIpc) is 3.21. The van der Waals surface area contributed by atoms with E-state index >= 15 is 0 Å². The molecule has 1 aromatic carbocycles. The Morgan fingerprint density at radius 3 is 2.61 bits per heavy atom. The molecule has 0 aliphatic heterocycles. The van der Waals surface area contributed by atoms with Gasteiger partial charge in [-0.05, 0) is 30.5 Å². The number of nitrogens with zero attached hydrogens (tertiary/aromatic N) is 1. The Labute approximate surface area is 108 Å². The molecule has 1 fully saturated rings. The Balaban J connectivity index is 1.95. The molecule has 3 heteroatoms. The van der Waals surface area contributed by atoms with Crippen molar-refractivity contribution in [1.29, 1.82) is 0 Å². The van der Waals surface area contributed by atoms with Gasteiger partial charge in [0, 0.05) is 25.1 Å². The lowest BCUT2D eigenvalue weighted by atomic mass is 10.1. The lowest BCUT2D eigenvalue weighted by Crippen LogP contribution is -2.27. The predicted octanol–water partition coefficient (Wildman–Crippen LogP) is 1.37. The van der Waals surface area contributed by atoms with Gasteiger partial charge in [0.05, 0.1) is 6.54 Å². The van der Waals surface area contributed by atoms with Crippen molar-refractivity contribution < 1.29 is 4.79 Å². The molecule has 2 rings (SSSR count). The molecule has 0 heterocycles. The molecule has 1 aliphatic rings. The van der Waals surface area contributed by atoms with Gasteiger partial charge in [-0.25, -0.2) is 0 Å². The number of benzene rings is 1. The second-order valence-corrected chi connectivity index (χ2v) is 4.67. The SMILES string of the molecule is CN(Cc1ccc(C#CCN)cc1)C(=O)C1CC1. The summed E-state index contributed by atoms with van der Waals surface area (Å²) in [4.78, 5) is 13.6. The van der Waals surface area contributed by atoms with Crippen molar-refractivity contribution in [2.75, 3.05) is 13.6 Å². The zero-order valence-corrected chi connectivity index (χ0v) is 10.6. The molecule has 18 heavy (non-hydrogen) atoms. The van der Waals surface area contributed by atoms with Crippen LogP contribution in [0, 0.1) is 17.8 Å². The fourth-order valence-corrected chi connectivity index (χ4v) is 1.84. The fourth-order valence-electron chi connectivity index (χ4n) is 1.84. The first-order valence-electron chi connectivity index (χ1n) is 6.23. The van der Waals surface area contributed by atoms with E-state index in [0.717, 1.165) is 24.0 Å². The van der Waals surface area contributed by atoms with Crippen molar-refractivity contribution in [2.45, 2.75) is 19.4 Å². The maximum Gasteiger partial charge on any atom is 0.225 e. The van der Waals surface area contributed by atoms with Gasteiger partial charge in [0.2, 0.25) is 5.91 Å². The summed E-state index contributed by atoms with van der Waals surface area (Å²) >= 11 is 0. The van der Waals surface area contributed by atoms with Crippen LogP contribution in [0.2, 0.25) is 0 Å². The monoisotopic (exact) mass is 242 g/mol. The lowest BCUT2D eigenvalue weighted by molar-refractivity contribution is -0.131. The van der Waals surface area contributed by atoms with Crippen molar-refractivity contribution in [3.63, 3.8) is 0 Å². The van der Waals surface area contributed by atoms with Crippen LogP contribution in [0.5, 0.6) is 0 Å². The zero-order chi connectivity index (χ0) is 13.0. The molecule has 1 amide bonds. The summed E-state index contributed by atoms with van der Waals surface area (Å²) < 4.78 is 0. The molecule has 94 valence electrons. The van der Waals surface area contributed by atoms with Gasteiger partial charge in [0.15, 0.2) is 0 Å². The molecule has 1 aromatic rings. The average molecular weight is 242 g/mol. The second-order valence-electron chi connectivity index (χ2n) is 4.67. The highest BCUT2D eigenvalue weighted by atomic mass is 16.2. The van der Waals surface area contributed by atoms with E-state index in [0.29, 0.717) is 13.1 Å². The van der Waals surface area contributed by atoms with Gasteiger partial charge in [0.25, 0.3) is 0 Å². The van der Waals surface area contributed by atoms with Gasteiger partial charge in [-0.15, -0.1) is 0 Å². The van der Waals surface area contributed by atoms with Crippen LogP contribution in [-0.4, -0.2) is 24.4 Å². The van der Waals surface area contributed by atoms with Gasteiger partial charge in [-0.3, -0.25) is 4.79 Å². The van der Waals surface area contributed by atoms with Crippen molar-refractivity contribution in [3.8, 4) is 11.8 Å². The van der Waals surface area contributed by atoms with Crippen LogP contribution in [-0.2, 0) is 11.3 Å². The Bertz CT molecular complexity index is 477. The predicted molar refractivity (Wildman–Crippen MR) is 71.6 cm³/mol. The molecular formula is C15H18N2O. The smallest absolute Gasteiger partial charge is 0.225 e. The number of rotatable bonds is 3. The number of carbonyl (C=O) groups is 1. The van der Waals surface area contributed by atoms with Crippen LogP contribution in [0.1, 0.15) is 24.0 Å². The standard InChI is InChI=1S/C15H18N2O/c1-17(15(18)14-8-9-14)11-13-6-4-12(5-7-13)3-2-10-16/h4-7,14H,8-11,16H2,1H3. The van der Waals surface area contributed by atoms with Crippen molar-refractivity contribution in [3.05, 3.63) is 35.4 Å². The summed E-state index contributed by atoms with van der Waals surface area (Å²) in [6.45, 7) is 1.04. The van der Waals surface area contributed by atoms with Crippen molar-refractivity contribution in [1.82, 2.24) is 4.90 Å². The Hall–Kier alpha value is -1.79. The van der Waals surface area contributed by atoms with Gasteiger partial charge in [0.1, 0.15) is 0 Å². The van der Waals surface area contributed by atoms with Crippen LogP contribution in [0.4, 0.5) is 0 Å². The van der Waals surface area contributed by atoms with Gasteiger partial charge in [-0.2, -0.15) is 0 Å². The van der Waals surface area contributed by atoms with E-state index < -0.39 is 0 Å². The van der Waals surface area contributed by atoms with Crippen LogP contribution in [0.25, 0.3) is 0 Å². The number of nitrogens with two attached hydrogens (primary N) is 1. The van der Waals surface area contributed by atoms with E-state index in [4.69, 9.17) is 5.73 Å². The van der Waals surface area contributed by atoms with Crippen molar-refractivity contribution >= 4 is 5.91 Å². The molecular weight excluding hydrogens is 224 g/mol. The summed E-state index contributed by atoms with van der Waals surface area (Å²) in [6.07, 6.45) is 2.10. The Morgan fingerprint density at radius 1 is 1.39 bits per heavy atom. The van der Waals surface area contributed by atoms with Crippen LogP contribution < -0.4 is 5.73 Å². The van der Waals surface area contributed by atoms with E-state index in [1.807, 2.05) is 31.3 Å². The van der Waals surface area contributed by atoms with Crippen LogP contribution in [0.3, 0.4) is 0 Å². The molecule has 0 bridgehead atoms. The summed E-state index contributed by atoms with van der Waals surface area (Å²) in [7, 11) is 1.86. The van der Waals surface area contributed by atoms with E-state index in [9.17, 15) is 4.79 Å². The van der Waals surface area contributed by atoms with E-state index in [2.05, 4.69) is 11.8 Å². The first kappa shape index (κ1) is 12.7. The van der Waals surface area contributed by atoms with E-state index in [-0.39, 0.29) is 11.8 Å². The third-order valence-electron chi connectivity index (χ3n) is 3.01. The lowest BCUT2D eigenvalue weighted by Gasteiger charge is -2.16. The molecule has 2 N–H and O–H groups in total. The van der Waals surface area contributed by atoms with Gasteiger partial charge < -0.3 is 10.6 Å². The second kappa shape index (κ2) is 5.70. The summed E-state index contributed by atoms with van der Waals surface area (Å²) in [5, 5.41) is 0. The fraction of sp³-hybridized carbons (Fsp3) is 0.400.